The number of carboxylic acid groups (broad SMARTS) is 1. The molecule has 3 unspecified atom stereocenters. The number of carbonyl (C=O) groups is 3. The van der Waals surface area contributed by atoms with E-state index in [0.717, 1.165) is 19.3 Å². The molecule has 0 saturated carbocycles. The number of carbonyl (C=O) groups excluding carboxylic acids is 2. The fourth-order valence-electron chi connectivity index (χ4n) is 6.53. The number of aliphatic carboxylic acids is 1. The summed E-state index contributed by atoms with van der Waals surface area (Å²) in [6.07, 6.45) is 19.6. The van der Waals surface area contributed by atoms with Gasteiger partial charge in [-0.1, -0.05) is 192 Å². The Balaban J connectivity index is 1.84. The van der Waals surface area contributed by atoms with Crippen LogP contribution in [0.4, 0.5) is 0 Å². The summed E-state index contributed by atoms with van der Waals surface area (Å²) in [5, 5.41) is 19.8. The summed E-state index contributed by atoms with van der Waals surface area (Å²) in [4.78, 5) is 38.6. The number of hydrogen-bond acceptors (Lipinski definition) is 6. The molecule has 0 aromatic heterocycles. The average Bonchev–Trinajstić information content (AvgIpc) is 3.14. The molecule has 2 aromatic rings. The van der Waals surface area contributed by atoms with Gasteiger partial charge in [0, 0.05) is 11.0 Å². The molecule has 0 bridgehead atoms. The van der Waals surface area contributed by atoms with Crippen LogP contribution in [-0.4, -0.2) is 36.2 Å². The van der Waals surface area contributed by atoms with Crippen LogP contribution in [-0.2, 0) is 23.9 Å². The SMILES string of the molecule is CCCCCCCCCCCCCCCCC(C)CC(C(=O)OCC(C)(C)COC(=O)C(C#N)=C(c1ccccc1)c1ccccc1)C(C)C(=O)O. The number of nitrogens with zero attached hydrogens (tertiary/aromatic N) is 1. The van der Waals surface area contributed by atoms with Crippen LogP contribution >= 0.6 is 0 Å². The Labute approximate surface area is 314 Å². The first kappa shape index (κ1) is 44.2. The summed E-state index contributed by atoms with van der Waals surface area (Å²) in [7, 11) is 0. The van der Waals surface area contributed by atoms with Gasteiger partial charge in [-0.25, -0.2) is 4.79 Å². The fourth-order valence-corrected chi connectivity index (χ4v) is 6.53. The molecule has 0 aliphatic heterocycles. The van der Waals surface area contributed by atoms with Gasteiger partial charge in [0.2, 0.25) is 0 Å². The highest BCUT2D eigenvalue weighted by Crippen LogP contribution is 2.30. The lowest BCUT2D eigenvalue weighted by Crippen LogP contribution is -2.34. The molecule has 2 rings (SSSR count). The van der Waals surface area contributed by atoms with Gasteiger partial charge >= 0.3 is 17.9 Å². The number of benzene rings is 2. The van der Waals surface area contributed by atoms with Crippen LogP contribution in [0.3, 0.4) is 0 Å². The first-order valence-corrected chi connectivity index (χ1v) is 19.8. The molecule has 2 aromatic carbocycles. The topological polar surface area (TPSA) is 114 Å². The molecule has 7 nitrogen and oxygen atoms in total. The maximum Gasteiger partial charge on any atom is 0.349 e. The van der Waals surface area contributed by atoms with E-state index in [1.54, 1.807) is 20.8 Å². The smallest absolute Gasteiger partial charge is 0.349 e. The molecular formula is C45H65NO6. The average molecular weight is 716 g/mol. The Kier molecular flexibility index (Phi) is 21.4. The minimum Gasteiger partial charge on any atom is -0.481 e. The van der Waals surface area contributed by atoms with E-state index in [9.17, 15) is 24.8 Å². The van der Waals surface area contributed by atoms with Crippen molar-refractivity contribution >= 4 is 23.5 Å². The van der Waals surface area contributed by atoms with Gasteiger partial charge in [0.15, 0.2) is 0 Å². The number of esters is 2. The maximum atomic E-state index is 13.3. The molecule has 0 radical (unpaired) electrons. The standard InChI is InChI=1S/C45H65NO6/c1-6-7-8-9-10-11-12-13-14-15-16-17-18-21-26-35(2)31-39(36(3)42(47)48)43(49)51-33-45(4,5)34-52-44(50)40(32-46)41(37-27-22-19-23-28-37)38-29-24-20-25-30-38/h19-20,22-25,27-30,35-36,39H,6-18,21,26,31,33-34H2,1-5H3,(H,47,48). The molecule has 286 valence electrons. The number of nitriles is 1. The monoisotopic (exact) mass is 715 g/mol. The van der Waals surface area contributed by atoms with Crippen molar-refractivity contribution in [1.82, 2.24) is 0 Å². The highest BCUT2D eigenvalue weighted by molar-refractivity contribution is 6.05. The van der Waals surface area contributed by atoms with E-state index in [4.69, 9.17) is 9.47 Å². The Bertz CT molecular complexity index is 1350. The third kappa shape index (κ3) is 17.1. The van der Waals surface area contributed by atoms with Crippen molar-refractivity contribution in [3.05, 3.63) is 77.4 Å². The van der Waals surface area contributed by atoms with Gasteiger partial charge in [0.05, 0.1) is 18.4 Å². The van der Waals surface area contributed by atoms with Crippen LogP contribution in [0, 0.1) is 34.5 Å². The summed E-state index contributed by atoms with van der Waals surface area (Å²) >= 11 is 0. The fraction of sp³-hybridized carbons (Fsp3) is 0.600. The van der Waals surface area contributed by atoms with Gasteiger partial charge in [0.1, 0.15) is 18.2 Å². The summed E-state index contributed by atoms with van der Waals surface area (Å²) < 4.78 is 11.3. The van der Waals surface area contributed by atoms with Gasteiger partial charge in [-0.2, -0.15) is 5.26 Å². The first-order chi connectivity index (χ1) is 25.0. The highest BCUT2D eigenvalue weighted by atomic mass is 16.5. The van der Waals surface area contributed by atoms with E-state index < -0.39 is 35.2 Å². The Hall–Kier alpha value is -3.92. The third-order valence-corrected chi connectivity index (χ3v) is 9.89. The molecule has 1 N–H and O–H groups in total. The Morgan fingerprint density at radius 1 is 0.712 bits per heavy atom. The zero-order valence-corrected chi connectivity index (χ0v) is 32.7. The Morgan fingerprint density at radius 2 is 1.15 bits per heavy atom. The molecule has 0 saturated heterocycles. The van der Waals surface area contributed by atoms with Crippen molar-refractivity contribution in [2.75, 3.05) is 13.2 Å². The normalized spacial score (nSPS) is 13.0. The third-order valence-electron chi connectivity index (χ3n) is 9.89. The molecular weight excluding hydrogens is 650 g/mol. The number of unbranched alkanes of at least 4 members (excludes halogenated alkanes) is 13. The predicted molar refractivity (Wildman–Crippen MR) is 209 cm³/mol. The maximum absolute atomic E-state index is 13.3. The van der Waals surface area contributed by atoms with Crippen molar-refractivity contribution in [2.24, 2.45) is 23.2 Å². The summed E-state index contributed by atoms with van der Waals surface area (Å²) in [5.41, 5.74) is 1.02. The van der Waals surface area contributed by atoms with Crippen LogP contribution in [0.1, 0.15) is 148 Å². The van der Waals surface area contributed by atoms with Crippen molar-refractivity contribution in [3.63, 3.8) is 0 Å². The second kappa shape index (κ2) is 25.1. The van der Waals surface area contributed by atoms with Crippen molar-refractivity contribution in [2.45, 2.75) is 137 Å². The second-order valence-corrected chi connectivity index (χ2v) is 15.4. The second-order valence-electron chi connectivity index (χ2n) is 15.4. The van der Waals surface area contributed by atoms with Gasteiger partial charge in [-0.05, 0) is 23.5 Å². The molecule has 7 heteroatoms. The van der Waals surface area contributed by atoms with E-state index in [2.05, 4.69) is 13.8 Å². The lowest BCUT2D eigenvalue weighted by Gasteiger charge is -2.27. The quantitative estimate of drug-likeness (QED) is 0.0424. The molecule has 0 aliphatic rings. The molecule has 0 aliphatic carbocycles. The summed E-state index contributed by atoms with van der Waals surface area (Å²) in [6, 6.07) is 20.5. The minimum absolute atomic E-state index is 0.0644. The van der Waals surface area contributed by atoms with Crippen molar-refractivity contribution in [1.29, 1.82) is 5.26 Å². The molecule has 52 heavy (non-hydrogen) atoms. The zero-order chi connectivity index (χ0) is 38.2. The molecule has 0 amide bonds. The molecule has 3 atom stereocenters. The van der Waals surface area contributed by atoms with E-state index in [0.29, 0.717) is 23.1 Å². The van der Waals surface area contributed by atoms with Gasteiger partial charge in [-0.15, -0.1) is 0 Å². The van der Waals surface area contributed by atoms with E-state index in [1.165, 1.54) is 77.0 Å². The van der Waals surface area contributed by atoms with E-state index >= 15 is 0 Å². The Morgan fingerprint density at radius 3 is 1.60 bits per heavy atom. The minimum atomic E-state index is -1.03. The lowest BCUT2D eigenvalue weighted by molar-refractivity contribution is -0.161. The highest BCUT2D eigenvalue weighted by Gasteiger charge is 2.34. The van der Waals surface area contributed by atoms with Gasteiger partial charge in [0.25, 0.3) is 0 Å². The molecule has 0 heterocycles. The largest absolute Gasteiger partial charge is 0.481 e. The number of hydrogen-bond donors (Lipinski definition) is 1. The van der Waals surface area contributed by atoms with Crippen molar-refractivity contribution < 1.29 is 29.0 Å². The predicted octanol–water partition coefficient (Wildman–Crippen LogP) is 11.4. The number of ether oxygens (including phenoxy) is 2. The first-order valence-electron chi connectivity index (χ1n) is 19.8. The van der Waals surface area contributed by atoms with Crippen LogP contribution < -0.4 is 0 Å². The molecule has 0 spiro atoms. The van der Waals surface area contributed by atoms with E-state index in [-0.39, 0.29) is 24.7 Å². The number of rotatable bonds is 27. The lowest BCUT2D eigenvalue weighted by atomic mass is 9.84. The van der Waals surface area contributed by atoms with Crippen molar-refractivity contribution in [3.8, 4) is 6.07 Å². The summed E-state index contributed by atoms with van der Waals surface area (Å²) in [5.74, 6) is -3.81. The van der Waals surface area contributed by atoms with Gasteiger partial charge < -0.3 is 14.6 Å². The number of carboxylic acids is 1. The van der Waals surface area contributed by atoms with Gasteiger partial charge in [-0.3, -0.25) is 9.59 Å². The van der Waals surface area contributed by atoms with Crippen LogP contribution in [0.15, 0.2) is 66.2 Å². The molecule has 0 fully saturated rings. The zero-order valence-electron chi connectivity index (χ0n) is 32.7. The van der Waals surface area contributed by atoms with Crippen LogP contribution in [0.2, 0.25) is 0 Å². The van der Waals surface area contributed by atoms with E-state index in [1.807, 2.05) is 66.7 Å². The summed E-state index contributed by atoms with van der Waals surface area (Å²) in [6.45, 7) is 9.34. The van der Waals surface area contributed by atoms with Crippen LogP contribution in [0.5, 0.6) is 0 Å². The van der Waals surface area contributed by atoms with Crippen LogP contribution in [0.25, 0.3) is 5.57 Å².